The fourth-order valence-electron chi connectivity index (χ4n) is 1.76. The molecule has 0 saturated carbocycles. The third-order valence-electron chi connectivity index (χ3n) is 2.89. The lowest BCUT2D eigenvalue weighted by atomic mass is 10.1. The Hall–Kier alpha value is -0.980. The third-order valence-corrected chi connectivity index (χ3v) is 2.89. The van der Waals surface area contributed by atoms with Crippen LogP contribution >= 0.6 is 24.0 Å². The number of nitrogens with one attached hydrogen (secondary N) is 2. The molecule has 2 N–H and O–H groups in total. The minimum Gasteiger partial charge on any atom is -0.497 e. The minimum atomic E-state index is 0. The first kappa shape index (κ1) is 19.0. The molecule has 1 aromatic rings. The summed E-state index contributed by atoms with van der Waals surface area (Å²) in [6.07, 6.45) is 3.30. The zero-order valence-corrected chi connectivity index (χ0v) is 14.9. The SMILES string of the molecule is CCCCNC(=NC)NCCc1cccc(OC)c1.I. The maximum absolute atomic E-state index is 5.21. The van der Waals surface area contributed by atoms with Crippen LogP contribution in [0.25, 0.3) is 0 Å². The van der Waals surface area contributed by atoms with Crippen molar-refractivity contribution in [3.8, 4) is 5.75 Å². The molecule has 0 amide bonds. The fourth-order valence-corrected chi connectivity index (χ4v) is 1.76. The van der Waals surface area contributed by atoms with E-state index in [1.54, 1.807) is 14.2 Å². The Morgan fingerprint density at radius 3 is 2.65 bits per heavy atom. The summed E-state index contributed by atoms with van der Waals surface area (Å²) >= 11 is 0. The Labute approximate surface area is 139 Å². The molecule has 1 rings (SSSR count). The monoisotopic (exact) mass is 391 g/mol. The molecule has 0 aromatic heterocycles. The molecule has 0 fully saturated rings. The van der Waals surface area contributed by atoms with E-state index < -0.39 is 0 Å². The number of nitrogens with zero attached hydrogens (tertiary/aromatic N) is 1. The largest absolute Gasteiger partial charge is 0.497 e. The van der Waals surface area contributed by atoms with Gasteiger partial charge in [-0.2, -0.15) is 0 Å². The van der Waals surface area contributed by atoms with E-state index in [9.17, 15) is 0 Å². The van der Waals surface area contributed by atoms with E-state index in [0.717, 1.165) is 37.6 Å². The Kier molecular flexibility index (Phi) is 11.2. The highest BCUT2D eigenvalue weighted by molar-refractivity contribution is 14.0. The van der Waals surface area contributed by atoms with E-state index in [4.69, 9.17) is 4.74 Å². The number of methoxy groups -OCH3 is 1. The first-order valence-electron chi connectivity index (χ1n) is 6.87. The first-order valence-corrected chi connectivity index (χ1v) is 6.87. The van der Waals surface area contributed by atoms with Crippen LogP contribution in [0.1, 0.15) is 25.3 Å². The van der Waals surface area contributed by atoms with Crippen LogP contribution in [0, 0.1) is 0 Å². The molecule has 0 saturated heterocycles. The average Bonchev–Trinajstić information content (AvgIpc) is 2.46. The van der Waals surface area contributed by atoms with Gasteiger partial charge in [0.15, 0.2) is 5.96 Å². The predicted molar refractivity (Wildman–Crippen MR) is 96.4 cm³/mol. The van der Waals surface area contributed by atoms with Gasteiger partial charge in [0.2, 0.25) is 0 Å². The smallest absolute Gasteiger partial charge is 0.190 e. The van der Waals surface area contributed by atoms with Crippen molar-refractivity contribution in [2.75, 3.05) is 27.2 Å². The first-order chi connectivity index (χ1) is 9.30. The highest BCUT2D eigenvalue weighted by Crippen LogP contribution is 2.12. The van der Waals surface area contributed by atoms with Crippen LogP contribution < -0.4 is 15.4 Å². The standard InChI is InChI=1S/C15H25N3O.HI/c1-4-5-10-17-15(16-2)18-11-9-13-7-6-8-14(12-13)19-3;/h6-8,12H,4-5,9-11H2,1-3H3,(H2,16,17,18);1H. The van der Waals surface area contributed by atoms with Gasteiger partial charge in [-0.1, -0.05) is 25.5 Å². The zero-order valence-electron chi connectivity index (χ0n) is 12.6. The van der Waals surface area contributed by atoms with Gasteiger partial charge in [-0.15, -0.1) is 24.0 Å². The van der Waals surface area contributed by atoms with Crippen molar-refractivity contribution in [3.05, 3.63) is 29.8 Å². The van der Waals surface area contributed by atoms with Crippen molar-refractivity contribution in [2.24, 2.45) is 4.99 Å². The predicted octanol–water partition coefficient (Wildman–Crippen LogP) is 2.82. The highest BCUT2D eigenvalue weighted by Gasteiger charge is 1.98. The van der Waals surface area contributed by atoms with Crippen LogP contribution in [0.4, 0.5) is 0 Å². The number of guanidine groups is 1. The molecule has 1 aromatic carbocycles. The number of aliphatic imine (C=N–C) groups is 1. The van der Waals surface area contributed by atoms with Gasteiger partial charge in [0, 0.05) is 20.1 Å². The quantitative estimate of drug-likeness (QED) is 0.325. The van der Waals surface area contributed by atoms with Gasteiger partial charge >= 0.3 is 0 Å². The Morgan fingerprint density at radius 2 is 2.00 bits per heavy atom. The summed E-state index contributed by atoms with van der Waals surface area (Å²) in [6.45, 7) is 4.01. The lowest BCUT2D eigenvalue weighted by Gasteiger charge is -2.11. The van der Waals surface area contributed by atoms with Crippen LogP contribution in [-0.4, -0.2) is 33.2 Å². The zero-order chi connectivity index (χ0) is 13.9. The molecule has 0 aliphatic carbocycles. The van der Waals surface area contributed by atoms with Crippen LogP contribution in [0.15, 0.2) is 29.3 Å². The minimum absolute atomic E-state index is 0. The number of hydrogen-bond donors (Lipinski definition) is 2. The summed E-state index contributed by atoms with van der Waals surface area (Å²) in [4.78, 5) is 4.19. The molecule has 0 spiro atoms. The molecule has 114 valence electrons. The Bertz CT molecular complexity index is 396. The molecule has 0 bridgehead atoms. The molecule has 0 atom stereocenters. The Morgan fingerprint density at radius 1 is 1.25 bits per heavy atom. The maximum Gasteiger partial charge on any atom is 0.190 e. The van der Waals surface area contributed by atoms with Gasteiger partial charge in [0.1, 0.15) is 5.75 Å². The second-order valence-corrected chi connectivity index (χ2v) is 4.38. The molecule has 20 heavy (non-hydrogen) atoms. The van der Waals surface area contributed by atoms with Crippen molar-refractivity contribution in [3.63, 3.8) is 0 Å². The van der Waals surface area contributed by atoms with E-state index >= 15 is 0 Å². The maximum atomic E-state index is 5.21. The van der Waals surface area contributed by atoms with Crippen LogP contribution in [0.3, 0.4) is 0 Å². The van der Waals surface area contributed by atoms with E-state index in [-0.39, 0.29) is 24.0 Å². The summed E-state index contributed by atoms with van der Waals surface area (Å²) in [5, 5.41) is 6.61. The van der Waals surface area contributed by atoms with Crippen molar-refractivity contribution >= 4 is 29.9 Å². The van der Waals surface area contributed by atoms with Gasteiger partial charge in [0.25, 0.3) is 0 Å². The molecule has 0 aliphatic rings. The number of benzene rings is 1. The topological polar surface area (TPSA) is 45.7 Å². The van der Waals surface area contributed by atoms with Gasteiger partial charge in [-0.05, 0) is 30.5 Å². The van der Waals surface area contributed by atoms with Gasteiger partial charge < -0.3 is 15.4 Å². The number of ether oxygens (including phenoxy) is 1. The van der Waals surface area contributed by atoms with Crippen LogP contribution in [0.5, 0.6) is 5.75 Å². The van der Waals surface area contributed by atoms with Crippen LogP contribution in [0.2, 0.25) is 0 Å². The van der Waals surface area contributed by atoms with Gasteiger partial charge in [-0.3, -0.25) is 4.99 Å². The summed E-state index contributed by atoms with van der Waals surface area (Å²) in [6, 6.07) is 8.15. The Balaban J connectivity index is 0.00000361. The van der Waals surface area contributed by atoms with E-state index in [2.05, 4.69) is 34.7 Å². The lowest BCUT2D eigenvalue weighted by molar-refractivity contribution is 0.414. The average molecular weight is 391 g/mol. The van der Waals surface area contributed by atoms with Gasteiger partial charge in [0.05, 0.1) is 7.11 Å². The number of unbranched alkanes of at least 4 members (excludes halogenated alkanes) is 1. The number of rotatable bonds is 7. The van der Waals surface area contributed by atoms with E-state index in [0.29, 0.717) is 0 Å². The van der Waals surface area contributed by atoms with E-state index in [1.165, 1.54) is 12.0 Å². The normalized spacial score (nSPS) is 10.7. The number of halogens is 1. The fraction of sp³-hybridized carbons (Fsp3) is 0.533. The third kappa shape index (κ3) is 7.57. The van der Waals surface area contributed by atoms with Crippen molar-refractivity contribution < 1.29 is 4.74 Å². The lowest BCUT2D eigenvalue weighted by Crippen LogP contribution is -2.38. The van der Waals surface area contributed by atoms with Crippen molar-refractivity contribution in [2.45, 2.75) is 26.2 Å². The molecule has 4 nitrogen and oxygen atoms in total. The molecule has 0 radical (unpaired) electrons. The second-order valence-electron chi connectivity index (χ2n) is 4.38. The molecule has 0 unspecified atom stereocenters. The summed E-state index contributed by atoms with van der Waals surface area (Å²) in [5.74, 6) is 1.78. The van der Waals surface area contributed by atoms with Crippen LogP contribution in [-0.2, 0) is 6.42 Å². The number of hydrogen-bond acceptors (Lipinski definition) is 2. The van der Waals surface area contributed by atoms with Gasteiger partial charge in [-0.25, -0.2) is 0 Å². The molecular weight excluding hydrogens is 365 g/mol. The molecular formula is C15H26IN3O. The molecule has 0 heterocycles. The summed E-state index contributed by atoms with van der Waals surface area (Å²) in [7, 11) is 3.49. The molecule has 0 aliphatic heterocycles. The molecule has 5 heteroatoms. The second kappa shape index (κ2) is 11.8. The summed E-state index contributed by atoms with van der Waals surface area (Å²) < 4.78 is 5.21. The van der Waals surface area contributed by atoms with Crippen molar-refractivity contribution in [1.29, 1.82) is 0 Å². The van der Waals surface area contributed by atoms with Crippen molar-refractivity contribution in [1.82, 2.24) is 10.6 Å². The highest BCUT2D eigenvalue weighted by atomic mass is 127. The van der Waals surface area contributed by atoms with E-state index in [1.807, 2.05) is 12.1 Å². The summed E-state index contributed by atoms with van der Waals surface area (Å²) in [5.41, 5.74) is 1.26.